The van der Waals surface area contributed by atoms with E-state index in [2.05, 4.69) is 20.6 Å². The molecule has 0 saturated carbocycles. The van der Waals surface area contributed by atoms with Crippen molar-refractivity contribution >= 4 is 44.7 Å². The van der Waals surface area contributed by atoms with Crippen molar-refractivity contribution in [3.8, 4) is 0 Å². The van der Waals surface area contributed by atoms with Crippen LogP contribution in [-0.2, 0) is 14.8 Å². The molecule has 3 rings (SSSR count). The van der Waals surface area contributed by atoms with Crippen molar-refractivity contribution in [1.29, 1.82) is 0 Å². The molecule has 0 fully saturated rings. The van der Waals surface area contributed by atoms with Gasteiger partial charge >= 0.3 is 11.7 Å². The van der Waals surface area contributed by atoms with E-state index in [1.807, 2.05) is 0 Å². The van der Waals surface area contributed by atoms with Gasteiger partial charge in [-0.15, -0.1) is 0 Å². The van der Waals surface area contributed by atoms with Gasteiger partial charge in [-0.3, -0.25) is 10.1 Å². The minimum Gasteiger partial charge on any atom is -0.465 e. The second-order valence-corrected chi connectivity index (χ2v) is 9.02. The molecule has 0 radical (unpaired) electrons. The van der Waals surface area contributed by atoms with Crippen molar-refractivity contribution in [2.45, 2.75) is 18.7 Å². The molecule has 0 aliphatic carbocycles. The molecule has 12 nitrogen and oxygen atoms in total. The fourth-order valence-corrected chi connectivity index (χ4v) is 4.76. The first-order valence-electron chi connectivity index (χ1n) is 10.5. The number of aromatic nitrogens is 2. The third-order valence-electron chi connectivity index (χ3n) is 5.05. The first-order chi connectivity index (χ1) is 16.7. The number of carbonyl (C=O) groups excluding carboxylic acids is 1. The van der Waals surface area contributed by atoms with Crippen LogP contribution in [0.2, 0.25) is 0 Å². The number of nitro groups is 1. The van der Waals surface area contributed by atoms with E-state index in [-0.39, 0.29) is 27.8 Å². The molecule has 0 unspecified atom stereocenters. The van der Waals surface area contributed by atoms with Crippen molar-refractivity contribution in [3.05, 3.63) is 70.5 Å². The third-order valence-corrected chi connectivity index (χ3v) is 7.11. The Morgan fingerprint density at radius 1 is 1.03 bits per heavy atom. The van der Waals surface area contributed by atoms with Crippen molar-refractivity contribution in [2.24, 2.45) is 0 Å². The van der Waals surface area contributed by atoms with Crippen molar-refractivity contribution in [3.63, 3.8) is 0 Å². The van der Waals surface area contributed by atoms with Crippen LogP contribution in [0.1, 0.15) is 24.2 Å². The van der Waals surface area contributed by atoms with Gasteiger partial charge in [0.1, 0.15) is 6.33 Å². The predicted octanol–water partition coefficient (Wildman–Crippen LogP) is 3.69. The summed E-state index contributed by atoms with van der Waals surface area (Å²) in [4.78, 5) is 31.3. The van der Waals surface area contributed by atoms with E-state index < -0.39 is 26.6 Å². The van der Waals surface area contributed by atoms with Crippen LogP contribution in [0.4, 0.5) is 28.7 Å². The van der Waals surface area contributed by atoms with Gasteiger partial charge in [-0.05, 0) is 36.4 Å². The average molecular weight is 501 g/mol. The van der Waals surface area contributed by atoms with Gasteiger partial charge in [0.2, 0.25) is 21.7 Å². The molecule has 2 N–H and O–H groups in total. The Kier molecular flexibility index (Phi) is 7.94. The second-order valence-electron chi connectivity index (χ2n) is 7.08. The first-order valence-corrected chi connectivity index (χ1v) is 12.0. The molecule has 0 atom stereocenters. The van der Waals surface area contributed by atoms with E-state index in [9.17, 15) is 23.3 Å². The summed E-state index contributed by atoms with van der Waals surface area (Å²) in [5.74, 6) is -0.894. The lowest BCUT2D eigenvalue weighted by atomic mass is 10.2. The van der Waals surface area contributed by atoms with Crippen LogP contribution in [0.3, 0.4) is 0 Å². The van der Waals surface area contributed by atoms with Crippen LogP contribution in [0.15, 0.2) is 59.8 Å². The van der Waals surface area contributed by atoms with Crippen LogP contribution >= 0.6 is 0 Å². The number of ether oxygens (including phenoxy) is 1. The number of para-hydroxylation sites is 1. The summed E-state index contributed by atoms with van der Waals surface area (Å²) in [5, 5.41) is 17.5. The van der Waals surface area contributed by atoms with Gasteiger partial charge < -0.3 is 15.4 Å². The fourth-order valence-electron chi connectivity index (χ4n) is 3.30. The second kappa shape index (κ2) is 10.9. The molecule has 0 aliphatic rings. The Labute approximate surface area is 202 Å². The standard InChI is InChI=1S/C22H24N6O6S/c1-4-27(5-2)35(32,33)16-12-10-15(11-13-16)25-20-19(28(30)31)21(24-14-23-20)26-18-9-7-6-8-17(18)22(29)34-3/h6-14H,4-5H2,1-3H3,(H2,23,24,25,26). The van der Waals surface area contributed by atoms with Gasteiger partial charge in [-0.2, -0.15) is 4.31 Å². The summed E-state index contributed by atoms with van der Waals surface area (Å²) in [5.41, 5.74) is 0.346. The zero-order chi connectivity index (χ0) is 25.6. The summed E-state index contributed by atoms with van der Waals surface area (Å²) >= 11 is 0. The number of hydrogen-bond acceptors (Lipinski definition) is 10. The minimum absolute atomic E-state index is 0.103. The van der Waals surface area contributed by atoms with Crippen LogP contribution in [-0.4, -0.2) is 53.8 Å². The molecular weight excluding hydrogens is 476 g/mol. The lowest BCUT2D eigenvalue weighted by Crippen LogP contribution is -2.30. The highest BCUT2D eigenvalue weighted by Crippen LogP contribution is 2.34. The lowest BCUT2D eigenvalue weighted by Gasteiger charge is -2.18. The number of benzene rings is 2. The lowest BCUT2D eigenvalue weighted by molar-refractivity contribution is -0.383. The van der Waals surface area contributed by atoms with Gasteiger partial charge in [-0.25, -0.2) is 23.2 Å². The molecule has 1 aromatic heterocycles. The van der Waals surface area contributed by atoms with Crippen molar-refractivity contribution in [2.75, 3.05) is 30.8 Å². The van der Waals surface area contributed by atoms with Crippen molar-refractivity contribution < 1.29 is 22.9 Å². The van der Waals surface area contributed by atoms with Gasteiger partial charge in [0.25, 0.3) is 0 Å². The smallest absolute Gasteiger partial charge is 0.353 e. The van der Waals surface area contributed by atoms with Gasteiger partial charge in [-0.1, -0.05) is 26.0 Å². The predicted molar refractivity (Wildman–Crippen MR) is 130 cm³/mol. The zero-order valence-electron chi connectivity index (χ0n) is 19.3. The zero-order valence-corrected chi connectivity index (χ0v) is 20.1. The highest BCUT2D eigenvalue weighted by Gasteiger charge is 2.25. The molecule has 0 spiro atoms. The van der Waals surface area contributed by atoms with Gasteiger partial charge in [0.15, 0.2) is 0 Å². The number of rotatable bonds is 10. The number of hydrogen-bond donors (Lipinski definition) is 2. The number of sulfonamides is 1. The summed E-state index contributed by atoms with van der Waals surface area (Å²) < 4.78 is 31.4. The Balaban J connectivity index is 1.93. The molecule has 0 bridgehead atoms. The SMILES string of the molecule is CCN(CC)S(=O)(=O)c1ccc(Nc2ncnc(Nc3ccccc3C(=O)OC)c2[N+](=O)[O-])cc1. The largest absolute Gasteiger partial charge is 0.465 e. The Hall–Kier alpha value is -4.10. The normalized spacial score (nSPS) is 11.2. The summed E-state index contributed by atoms with van der Waals surface area (Å²) in [7, 11) is -2.41. The maximum Gasteiger partial charge on any atom is 0.353 e. The number of nitrogens with zero attached hydrogens (tertiary/aromatic N) is 4. The fraction of sp³-hybridized carbons (Fsp3) is 0.227. The highest BCUT2D eigenvalue weighted by atomic mass is 32.2. The molecule has 1 heterocycles. The Bertz CT molecular complexity index is 1330. The van der Waals surface area contributed by atoms with E-state index in [0.29, 0.717) is 18.8 Å². The quantitative estimate of drug-likeness (QED) is 0.239. The first kappa shape index (κ1) is 25.5. The van der Waals surface area contributed by atoms with Gasteiger partial charge in [0.05, 0.1) is 28.2 Å². The maximum absolute atomic E-state index is 12.7. The van der Waals surface area contributed by atoms with Crippen LogP contribution in [0.5, 0.6) is 0 Å². The molecule has 0 amide bonds. The molecule has 0 saturated heterocycles. The van der Waals surface area contributed by atoms with Crippen LogP contribution < -0.4 is 10.6 Å². The summed E-state index contributed by atoms with van der Waals surface area (Å²) in [6, 6.07) is 12.1. The van der Waals surface area contributed by atoms with E-state index >= 15 is 0 Å². The number of anilines is 4. The van der Waals surface area contributed by atoms with Gasteiger partial charge in [0, 0.05) is 18.8 Å². The number of nitrogens with one attached hydrogen (secondary N) is 2. The molecule has 2 aromatic carbocycles. The Morgan fingerprint density at radius 3 is 2.20 bits per heavy atom. The number of carbonyl (C=O) groups is 1. The molecule has 3 aromatic rings. The third kappa shape index (κ3) is 5.53. The number of esters is 1. The van der Waals surface area contributed by atoms with Crippen LogP contribution in [0, 0.1) is 10.1 Å². The highest BCUT2D eigenvalue weighted by molar-refractivity contribution is 7.89. The molecule has 0 aliphatic heterocycles. The van der Waals surface area contributed by atoms with Crippen LogP contribution in [0.25, 0.3) is 0 Å². The van der Waals surface area contributed by atoms with E-state index in [1.165, 1.54) is 41.7 Å². The maximum atomic E-state index is 12.7. The average Bonchev–Trinajstić information content (AvgIpc) is 2.85. The van der Waals surface area contributed by atoms with Crippen molar-refractivity contribution in [1.82, 2.24) is 14.3 Å². The van der Waals surface area contributed by atoms with E-state index in [0.717, 1.165) is 6.33 Å². The monoisotopic (exact) mass is 500 g/mol. The molecule has 35 heavy (non-hydrogen) atoms. The Morgan fingerprint density at radius 2 is 1.63 bits per heavy atom. The molecule has 184 valence electrons. The summed E-state index contributed by atoms with van der Waals surface area (Å²) in [6.45, 7) is 4.17. The molecular formula is C22H24N6O6S. The topological polar surface area (TPSA) is 157 Å². The van der Waals surface area contributed by atoms with E-state index in [4.69, 9.17) is 4.74 Å². The number of methoxy groups -OCH3 is 1. The minimum atomic E-state index is -3.64. The molecule has 13 heteroatoms. The van der Waals surface area contributed by atoms with E-state index in [1.54, 1.807) is 32.0 Å². The summed E-state index contributed by atoms with van der Waals surface area (Å²) in [6.07, 6.45) is 1.12.